The van der Waals surface area contributed by atoms with E-state index in [2.05, 4.69) is 58.8 Å². The number of halogens is 1. The molecule has 0 aliphatic heterocycles. The van der Waals surface area contributed by atoms with Crippen molar-refractivity contribution in [3.8, 4) is 11.4 Å². The fourth-order valence-corrected chi connectivity index (χ4v) is 3.05. The van der Waals surface area contributed by atoms with E-state index in [1.54, 1.807) is 11.8 Å². The molecule has 0 bridgehead atoms. The molecule has 0 spiro atoms. The highest BCUT2D eigenvalue weighted by Gasteiger charge is 2.11. The maximum atomic E-state index is 12.0. The lowest BCUT2D eigenvalue weighted by Crippen LogP contribution is -2.14. The number of H-pyrrole nitrogens is 1. The summed E-state index contributed by atoms with van der Waals surface area (Å²) in [6.07, 6.45) is 0.779. The molecule has 0 fully saturated rings. The topological polar surface area (TPSA) is 45.8 Å². The smallest absolute Gasteiger partial charge is 0.265 e. The highest BCUT2D eigenvalue weighted by molar-refractivity contribution is 9.10. The fraction of sp³-hybridized carbons (Fsp3) is 0.375. The molecule has 0 amide bonds. The molecule has 0 atom stereocenters. The Hall–Kier alpha value is -1.07. The van der Waals surface area contributed by atoms with Crippen molar-refractivity contribution in [1.82, 2.24) is 9.97 Å². The monoisotopic (exact) mass is 366 g/mol. The third kappa shape index (κ3) is 4.20. The molecule has 5 heteroatoms. The standard InChI is InChI=1S/C16H19BrN2OS/c1-4-21-12-7-5-11(6-8-12)15-18-13(9-10(2)3)14(17)16(20)19-15/h5-8,10H,4,9H2,1-3H3,(H,18,19,20). The van der Waals surface area contributed by atoms with Crippen LogP contribution in [0.4, 0.5) is 0 Å². The molecule has 0 radical (unpaired) electrons. The van der Waals surface area contributed by atoms with Crippen LogP contribution in [0.1, 0.15) is 26.5 Å². The van der Waals surface area contributed by atoms with Crippen molar-refractivity contribution in [3.63, 3.8) is 0 Å². The summed E-state index contributed by atoms with van der Waals surface area (Å²) in [5.41, 5.74) is 1.63. The fourth-order valence-electron chi connectivity index (χ4n) is 2.04. The van der Waals surface area contributed by atoms with Gasteiger partial charge in [-0.2, -0.15) is 0 Å². The minimum absolute atomic E-state index is 0.123. The molecule has 21 heavy (non-hydrogen) atoms. The Bertz CT molecular complexity index is 665. The van der Waals surface area contributed by atoms with E-state index >= 15 is 0 Å². The number of nitrogens with zero attached hydrogens (tertiary/aromatic N) is 1. The van der Waals surface area contributed by atoms with E-state index in [-0.39, 0.29) is 5.56 Å². The number of benzene rings is 1. The van der Waals surface area contributed by atoms with Crippen LogP contribution < -0.4 is 5.56 Å². The maximum absolute atomic E-state index is 12.0. The normalized spacial score (nSPS) is 11.1. The first-order valence-electron chi connectivity index (χ1n) is 7.03. The van der Waals surface area contributed by atoms with Crippen LogP contribution >= 0.6 is 27.7 Å². The number of thioether (sulfide) groups is 1. The zero-order valence-corrected chi connectivity index (χ0v) is 14.8. The Morgan fingerprint density at radius 1 is 1.29 bits per heavy atom. The Labute approximate surface area is 137 Å². The van der Waals surface area contributed by atoms with Gasteiger partial charge >= 0.3 is 0 Å². The second kappa shape index (κ2) is 7.27. The van der Waals surface area contributed by atoms with Crippen LogP contribution in [0.5, 0.6) is 0 Å². The van der Waals surface area contributed by atoms with Crippen molar-refractivity contribution in [1.29, 1.82) is 0 Å². The van der Waals surface area contributed by atoms with Gasteiger partial charge in [-0.1, -0.05) is 32.9 Å². The van der Waals surface area contributed by atoms with E-state index in [1.165, 1.54) is 4.90 Å². The van der Waals surface area contributed by atoms with Crippen molar-refractivity contribution >= 4 is 27.7 Å². The van der Waals surface area contributed by atoms with Gasteiger partial charge in [0.2, 0.25) is 0 Å². The molecule has 2 rings (SSSR count). The number of aromatic nitrogens is 2. The van der Waals surface area contributed by atoms with Crippen molar-refractivity contribution in [3.05, 3.63) is 44.8 Å². The molecule has 0 saturated heterocycles. The highest BCUT2D eigenvalue weighted by Crippen LogP contribution is 2.23. The minimum atomic E-state index is -0.123. The lowest BCUT2D eigenvalue weighted by atomic mass is 10.1. The molecular weight excluding hydrogens is 348 g/mol. The first-order valence-corrected chi connectivity index (χ1v) is 8.81. The Kier molecular flexibility index (Phi) is 5.65. The van der Waals surface area contributed by atoms with Gasteiger partial charge in [0.25, 0.3) is 5.56 Å². The summed E-state index contributed by atoms with van der Waals surface area (Å²) in [5.74, 6) is 2.13. The molecule has 2 aromatic rings. The van der Waals surface area contributed by atoms with Gasteiger partial charge in [-0.05, 0) is 46.2 Å². The first-order chi connectivity index (χ1) is 10.0. The number of hydrogen-bond donors (Lipinski definition) is 1. The predicted molar refractivity (Wildman–Crippen MR) is 92.9 cm³/mol. The molecule has 0 saturated carbocycles. The van der Waals surface area contributed by atoms with Crippen molar-refractivity contribution in [2.75, 3.05) is 5.75 Å². The van der Waals surface area contributed by atoms with Gasteiger partial charge in [0.1, 0.15) is 10.3 Å². The van der Waals surface area contributed by atoms with Gasteiger partial charge in [-0.25, -0.2) is 4.98 Å². The average molecular weight is 367 g/mol. The molecule has 1 N–H and O–H groups in total. The van der Waals surface area contributed by atoms with Crippen molar-refractivity contribution in [2.45, 2.75) is 32.1 Å². The van der Waals surface area contributed by atoms with Crippen LogP contribution in [0.25, 0.3) is 11.4 Å². The molecular formula is C16H19BrN2OS. The zero-order valence-electron chi connectivity index (χ0n) is 12.4. The Morgan fingerprint density at radius 3 is 2.52 bits per heavy atom. The number of aromatic amines is 1. The van der Waals surface area contributed by atoms with Gasteiger partial charge in [-0.15, -0.1) is 11.8 Å². The van der Waals surface area contributed by atoms with Gasteiger partial charge in [0, 0.05) is 10.5 Å². The number of nitrogens with one attached hydrogen (secondary N) is 1. The SMILES string of the molecule is CCSc1ccc(-c2nc(CC(C)C)c(Br)c(=O)[nH]2)cc1. The van der Waals surface area contributed by atoms with E-state index in [0.717, 1.165) is 23.4 Å². The van der Waals surface area contributed by atoms with Gasteiger partial charge in [0.15, 0.2) is 0 Å². The van der Waals surface area contributed by atoms with E-state index in [4.69, 9.17) is 0 Å². The summed E-state index contributed by atoms with van der Waals surface area (Å²) in [4.78, 5) is 20.7. The quantitative estimate of drug-likeness (QED) is 0.791. The molecule has 0 aliphatic rings. The van der Waals surface area contributed by atoms with E-state index in [1.807, 2.05) is 12.1 Å². The van der Waals surface area contributed by atoms with E-state index in [9.17, 15) is 4.79 Å². The second-order valence-corrected chi connectivity index (χ2v) is 7.36. The Morgan fingerprint density at radius 2 is 1.95 bits per heavy atom. The minimum Gasteiger partial charge on any atom is -0.306 e. The number of hydrogen-bond acceptors (Lipinski definition) is 3. The summed E-state index contributed by atoms with van der Waals surface area (Å²) in [7, 11) is 0. The third-order valence-electron chi connectivity index (χ3n) is 2.97. The first kappa shape index (κ1) is 16.3. The molecule has 1 heterocycles. The zero-order chi connectivity index (χ0) is 15.4. The Balaban J connectivity index is 2.39. The van der Waals surface area contributed by atoms with Crippen LogP contribution in [0, 0.1) is 5.92 Å². The largest absolute Gasteiger partial charge is 0.306 e. The van der Waals surface area contributed by atoms with Crippen LogP contribution in [0.15, 0.2) is 38.4 Å². The summed E-state index contributed by atoms with van der Waals surface area (Å²) in [5, 5.41) is 0. The van der Waals surface area contributed by atoms with Gasteiger partial charge in [0.05, 0.1) is 5.69 Å². The predicted octanol–water partition coefficient (Wildman–Crippen LogP) is 4.51. The third-order valence-corrected chi connectivity index (χ3v) is 4.68. The summed E-state index contributed by atoms with van der Waals surface area (Å²) in [6.45, 7) is 6.36. The lowest BCUT2D eigenvalue weighted by molar-refractivity contribution is 0.631. The van der Waals surface area contributed by atoms with Crippen LogP contribution in [-0.4, -0.2) is 15.7 Å². The maximum Gasteiger partial charge on any atom is 0.265 e. The lowest BCUT2D eigenvalue weighted by Gasteiger charge is -2.09. The highest BCUT2D eigenvalue weighted by atomic mass is 79.9. The molecule has 3 nitrogen and oxygen atoms in total. The van der Waals surface area contributed by atoms with E-state index in [0.29, 0.717) is 16.2 Å². The molecule has 0 aliphatic carbocycles. The summed E-state index contributed by atoms with van der Waals surface area (Å²) >= 11 is 5.13. The molecule has 112 valence electrons. The van der Waals surface area contributed by atoms with Crippen LogP contribution in [-0.2, 0) is 6.42 Å². The molecule has 1 aromatic heterocycles. The second-order valence-electron chi connectivity index (χ2n) is 5.23. The van der Waals surface area contributed by atoms with Crippen LogP contribution in [0.3, 0.4) is 0 Å². The summed E-state index contributed by atoms with van der Waals surface area (Å²) < 4.78 is 0.540. The van der Waals surface area contributed by atoms with Crippen molar-refractivity contribution < 1.29 is 0 Å². The van der Waals surface area contributed by atoms with Gasteiger partial charge in [-0.3, -0.25) is 4.79 Å². The van der Waals surface area contributed by atoms with Gasteiger partial charge < -0.3 is 4.98 Å². The molecule has 0 unspecified atom stereocenters. The van der Waals surface area contributed by atoms with Crippen LogP contribution in [0.2, 0.25) is 0 Å². The van der Waals surface area contributed by atoms with Crippen molar-refractivity contribution in [2.24, 2.45) is 5.92 Å². The number of rotatable bonds is 5. The average Bonchev–Trinajstić information content (AvgIpc) is 2.44. The summed E-state index contributed by atoms with van der Waals surface area (Å²) in [6, 6.07) is 8.13. The molecule has 1 aromatic carbocycles. The van der Waals surface area contributed by atoms with E-state index < -0.39 is 0 Å².